The average molecular weight is 241 g/mol. The molecule has 3 rings (SSSR count). The van der Waals surface area contributed by atoms with Crippen molar-refractivity contribution in [2.45, 2.75) is 6.92 Å². The molecule has 0 amide bonds. The van der Waals surface area contributed by atoms with E-state index < -0.39 is 0 Å². The first kappa shape index (κ1) is 10.9. The van der Waals surface area contributed by atoms with Gasteiger partial charge in [-0.05, 0) is 30.7 Å². The van der Waals surface area contributed by atoms with Crippen LogP contribution in [0.1, 0.15) is 5.56 Å². The zero-order chi connectivity index (χ0) is 12.7. The molecular weight excluding hydrogens is 229 g/mol. The van der Waals surface area contributed by atoms with Crippen molar-refractivity contribution in [1.82, 2.24) is 14.5 Å². The van der Waals surface area contributed by atoms with Gasteiger partial charge >= 0.3 is 0 Å². The van der Waals surface area contributed by atoms with Crippen LogP contribution in [0.25, 0.3) is 22.6 Å². The molecule has 0 aliphatic heterocycles. The van der Waals surface area contributed by atoms with Crippen molar-refractivity contribution in [1.29, 1.82) is 0 Å². The maximum absolute atomic E-state index is 13.8. The second kappa shape index (κ2) is 3.91. The Labute approximate surface area is 104 Å². The van der Waals surface area contributed by atoms with Gasteiger partial charge < -0.3 is 4.57 Å². The summed E-state index contributed by atoms with van der Waals surface area (Å²) in [6.45, 7) is 1.96. The average Bonchev–Trinajstić information content (AvgIpc) is 2.67. The van der Waals surface area contributed by atoms with Gasteiger partial charge in [-0.25, -0.2) is 14.4 Å². The minimum Gasteiger partial charge on any atom is -0.312 e. The van der Waals surface area contributed by atoms with E-state index in [0.717, 1.165) is 16.7 Å². The summed E-state index contributed by atoms with van der Waals surface area (Å²) in [6, 6.07) is 8.59. The Hall–Kier alpha value is -2.23. The van der Waals surface area contributed by atoms with Gasteiger partial charge in [-0.2, -0.15) is 0 Å². The number of hydrogen-bond donors (Lipinski definition) is 0. The molecule has 2 heterocycles. The maximum atomic E-state index is 13.8. The van der Waals surface area contributed by atoms with Crippen LogP contribution in [0, 0.1) is 12.7 Å². The van der Waals surface area contributed by atoms with Crippen LogP contribution in [0.3, 0.4) is 0 Å². The van der Waals surface area contributed by atoms with Crippen molar-refractivity contribution in [3.05, 3.63) is 47.9 Å². The van der Waals surface area contributed by atoms with Gasteiger partial charge in [0.25, 0.3) is 0 Å². The molecule has 2 aromatic heterocycles. The number of imidazole rings is 1. The molecule has 0 saturated carbocycles. The third kappa shape index (κ3) is 1.57. The summed E-state index contributed by atoms with van der Waals surface area (Å²) >= 11 is 0. The Kier molecular flexibility index (Phi) is 2.37. The quantitative estimate of drug-likeness (QED) is 0.655. The van der Waals surface area contributed by atoms with E-state index in [0.29, 0.717) is 11.4 Å². The molecule has 18 heavy (non-hydrogen) atoms. The Morgan fingerprint density at radius 2 is 2.00 bits per heavy atom. The van der Waals surface area contributed by atoms with Gasteiger partial charge in [0.1, 0.15) is 17.2 Å². The van der Waals surface area contributed by atoms with Gasteiger partial charge in [-0.3, -0.25) is 0 Å². The highest BCUT2D eigenvalue weighted by Gasteiger charge is 2.13. The monoisotopic (exact) mass is 241 g/mol. The molecule has 3 nitrogen and oxygen atoms in total. The SMILES string of the molecule is Cc1cnc2c(c1)nc(-c1ccccc1F)n2C. The van der Waals surface area contributed by atoms with E-state index in [2.05, 4.69) is 9.97 Å². The van der Waals surface area contributed by atoms with Crippen LogP contribution in [0.2, 0.25) is 0 Å². The van der Waals surface area contributed by atoms with Gasteiger partial charge in [-0.15, -0.1) is 0 Å². The van der Waals surface area contributed by atoms with Crippen molar-refractivity contribution in [3.63, 3.8) is 0 Å². The fraction of sp³-hybridized carbons (Fsp3) is 0.143. The van der Waals surface area contributed by atoms with Gasteiger partial charge in [-0.1, -0.05) is 12.1 Å². The largest absolute Gasteiger partial charge is 0.312 e. The molecule has 0 radical (unpaired) electrons. The van der Waals surface area contributed by atoms with E-state index in [4.69, 9.17) is 0 Å². The van der Waals surface area contributed by atoms with E-state index in [1.54, 1.807) is 24.4 Å². The van der Waals surface area contributed by atoms with Crippen molar-refractivity contribution in [2.75, 3.05) is 0 Å². The first-order valence-electron chi connectivity index (χ1n) is 5.71. The molecule has 0 aliphatic carbocycles. The second-order valence-electron chi connectivity index (χ2n) is 4.33. The van der Waals surface area contributed by atoms with Crippen LogP contribution in [0.4, 0.5) is 4.39 Å². The topological polar surface area (TPSA) is 30.7 Å². The predicted molar refractivity (Wildman–Crippen MR) is 68.6 cm³/mol. The lowest BCUT2D eigenvalue weighted by atomic mass is 10.2. The summed E-state index contributed by atoms with van der Waals surface area (Å²) in [5.74, 6) is 0.328. The van der Waals surface area contributed by atoms with Crippen LogP contribution in [0.5, 0.6) is 0 Å². The van der Waals surface area contributed by atoms with Crippen LogP contribution >= 0.6 is 0 Å². The highest BCUT2D eigenvalue weighted by Crippen LogP contribution is 2.24. The van der Waals surface area contributed by atoms with Crippen molar-refractivity contribution >= 4 is 11.2 Å². The standard InChI is InChI=1S/C14H12FN3/c1-9-7-12-14(16-8-9)18(2)13(17-12)10-5-3-4-6-11(10)15/h3-8H,1-2H3. The second-order valence-corrected chi connectivity index (χ2v) is 4.33. The Balaban J connectivity index is 2.31. The molecule has 90 valence electrons. The number of rotatable bonds is 1. The number of aromatic nitrogens is 3. The molecule has 0 atom stereocenters. The van der Waals surface area contributed by atoms with Gasteiger partial charge in [0.15, 0.2) is 5.65 Å². The van der Waals surface area contributed by atoms with E-state index in [1.165, 1.54) is 6.07 Å². The molecule has 0 bridgehead atoms. The lowest BCUT2D eigenvalue weighted by Crippen LogP contribution is -1.95. The number of halogens is 1. The van der Waals surface area contributed by atoms with Crippen LogP contribution in [-0.2, 0) is 7.05 Å². The summed E-state index contributed by atoms with van der Waals surface area (Å²) in [6.07, 6.45) is 1.79. The summed E-state index contributed by atoms with van der Waals surface area (Å²) in [4.78, 5) is 8.80. The molecular formula is C14H12FN3. The van der Waals surface area contributed by atoms with Gasteiger partial charge in [0.2, 0.25) is 0 Å². The lowest BCUT2D eigenvalue weighted by molar-refractivity contribution is 0.629. The maximum Gasteiger partial charge on any atom is 0.160 e. The van der Waals surface area contributed by atoms with Crippen molar-refractivity contribution < 1.29 is 4.39 Å². The number of aryl methyl sites for hydroxylation is 2. The summed E-state index contributed by atoms with van der Waals surface area (Å²) in [7, 11) is 1.85. The molecule has 3 aromatic rings. The van der Waals surface area contributed by atoms with Crippen LogP contribution in [0.15, 0.2) is 36.5 Å². The molecule has 0 aliphatic rings. The lowest BCUT2D eigenvalue weighted by Gasteiger charge is -2.02. The Morgan fingerprint density at radius 1 is 1.22 bits per heavy atom. The number of pyridine rings is 1. The first-order valence-corrected chi connectivity index (χ1v) is 5.71. The van der Waals surface area contributed by atoms with Crippen molar-refractivity contribution in [2.24, 2.45) is 7.05 Å². The molecule has 4 heteroatoms. The number of fused-ring (bicyclic) bond motifs is 1. The fourth-order valence-electron chi connectivity index (χ4n) is 2.06. The van der Waals surface area contributed by atoms with Crippen LogP contribution < -0.4 is 0 Å². The fourth-order valence-corrected chi connectivity index (χ4v) is 2.06. The molecule has 0 unspecified atom stereocenters. The predicted octanol–water partition coefficient (Wildman–Crippen LogP) is 3.08. The van der Waals surface area contributed by atoms with Gasteiger partial charge in [0, 0.05) is 13.2 Å². The Morgan fingerprint density at radius 3 is 2.78 bits per heavy atom. The molecule has 0 N–H and O–H groups in total. The molecule has 0 spiro atoms. The van der Waals surface area contributed by atoms with E-state index in [1.807, 2.05) is 24.6 Å². The summed E-state index contributed by atoms with van der Waals surface area (Å²) in [5, 5.41) is 0. The summed E-state index contributed by atoms with van der Waals surface area (Å²) < 4.78 is 15.6. The molecule has 0 fully saturated rings. The number of benzene rings is 1. The normalized spacial score (nSPS) is 11.1. The first-order chi connectivity index (χ1) is 8.66. The number of nitrogens with zero attached hydrogens (tertiary/aromatic N) is 3. The van der Waals surface area contributed by atoms with Gasteiger partial charge in [0.05, 0.1) is 5.56 Å². The van der Waals surface area contributed by atoms with E-state index in [9.17, 15) is 4.39 Å². The smallest absolute Gasteiger partial charge is 0.160 e. The summed E-state index contributed by atoms with van der Waals surface area (Å²) in [5.41, 5.74) is 3.09. The van der Waals surface area contributed by atoms with E-state index >= 15 is 0 Å². The highest BCUT2D eigenvalue weighted by molar-refractivity contribution is 5.77. The zero-order valence-corrected chi connectivity index (χ0v) is 10.2. The minimum absolute atomic E-state index is 0.271. The van der Waals surface area contributed by atoms with E-state index in [-0.39, 0.29) is 5.82 Å². The molecule has 1 aromatic carbocycles. The number of hydrogen-bond acceptors (Lipinski definition) is 2. The third-order valence-corrected chi connectivity index (χ3v) is 2.96. The highest BCUT2D eigenvalue weighted by atomic mass is 19.1. The van der Waals surface area contributed by atoms with Crippen LogP contribution in [-0.4, -0.2) is 14.5 Å². The Bertz CT molecular complexity index is 731. The van der Waals surface area contributed by atoms with Crippen molar-refractivity contribution in [3.8, 4) is 11.4 Å². The molecule has 0 saturated heterocycles. The minimum atomic E-state index is -0.271. The third-order valence-electron chi connectivity index (χ3n) is 2.96. The zero-order valence-electron chi connectivity index (χ0n) is 10.2.